The molecule has 0 saturated carbocycles. The minimum atomic E-state index is -0.658. The molecule has 0 fully saturated rings. The van der Waals surface area contributed by atoms with E-state index in [0.29, 0.717) is 12.1 Å². The third kappa shape index (κ3) is 4.25. The van der Waals surface area contributed by atoms with Gasteiger partial charge in [-0.25, -0.2) is 18.7 Å². The molecule has 0 bridgehead atoms. The summed E-state index contributed by atoms with van der Waals surface area (Å²) in [7, 11) is 5.08. The Labute approximate surface area is 171 Å². The first kappa shape index (κ1) is 21.2. The lowest BCUT2D eigenvalue weighted by Gasteiger charge is -2.18. The third-order valence-corrected chi connectivity index (χ3v) is 4.80. The van der Waals surface area contributed by atoms with Gasteiger partial charge in [-0.1, -0.05) is 0 Å². The van der Waals surface area contributed by atoms with E-state index in [-0.39, 0.29) is 35.5 Å². The van der Waals surface area contributed by atoms with Crippen LogP contribution in [-0.4, -0.2) is 55.3 Å². The van der Waals surface area contributed by atoms with Crippen LogP contribution in [0, 0.1) is 5.82 Å². The predicted octanol–water partition coefficient (Wildman–Crippen LogP) is -0.0301. The first-order chi connectivity index (χ1) is 14.2. The Morgan fingerprint density at radius 2 is 1.87 bits per heavy atom. The molecule has 0 saturated heterocycles. The molecule has 10 nitrogen and oxygen atoms in total. The van der Waals surface area contributed by atoms with Gasteiger partial charge in [-0.05, 0) is 45.3 Å². The van der Waals surface area contributed by atoms with Gasteiger partial charge in [0.2, 0.25) is 5.91 Å². The lowest BCUT2D eigenvalue weighted by molar-refractivity contribution is -0.122. The quantitative estimate of drug-likeness (QED) is 0.601. The van der Waals surface area contributed by atoms with Crippen LogP contribution in [0.5, 0.6) is 0 Å². The molecule has 0 aliphatic rings. The SMILES string of the molecule is CC(CC(=O)NCc1nnc2c(n1)c(=O)n(C)c(=O)n2-c1ccc(F)cc1)N(C)C. The highest BCUT2D eigenvalue weighted by molar-refractivity contribution is 5.76. The average molecular weight is 415 g/mol. The van der Waals surface area contributed by atoms with E-state index in [1.54, 1.807) is 0 Å². The number of aromatic nitrogens is 5. The number of carbonyl (C=O) groups excluding carboxylic acids is 1. The van der Waals surface area contributed by atoms with Gasteiger partial charge >= 0.3 is 5.69 Å². The van der Waals surface area contributed by atoms with Crippen LogP contribution in [-0.2, 0) is 18.4 Å². The minimum Gasteiger partial charge on any atom is -0.349 e. The van der Waals surface area contributed by atoms with Gasteiger partial charge in [-0.3, -0.25) is 14.2 Å². The van der Waals surface area contributed by atoms with Gasteiger partial charge in [0, 0.05) is 19.5 Å². The highest BCUT2D eigenvalue weighted by Crippen LogP contribution is 2.11. The lowest BCUT2D eigenvalue weighted by Crippen LogP contribution is -2.39. The predicted molar refractivity (Wildman–Crippen MR) is 108 cm³/mol. The Hall–Kier alpha value is -3.47. The summed E-state index contributed by atoms with van der Waals surface area (Å²) in [6, 6.07) is 5.22. The van der Waals surface area contributed by atoms with Crippen molar-refractivity contribution in [1.29, 1.82) is 0 Å². The number of amides is 1. The van der Waals surface area contributed by atoms with Crippen molar-refractivity contribution in [3.63, 3.8) is 0 Å². The number of halogens is 1. The first-order valence-electron chi connectivity index (χ1n) is 9.23. The maximum atomic E-state index is 13.3. The molecule has 30 heavy (non-hydrogen) atoms. The van der Waals surface area contributed by atoms with E-state index in [4.69, 9.17) is 0 Å². The zero-order chi connectivity index (χ0) is 22.0. The van der Waals surface area contributed by atoms with Crippen LogP contribution in [0.25, 0.3) is 16.9 Å². The topological polar surface area (TPSA) is 115 Å². The van der Waals surface area contributed by atoms with Crippen molar-refractivity contribution in [2.45, 2.75) is 25.9 Å². The number of hydrogen-bond donors (Lipinski definition) is 1. The van der Waals surface area contributed by atoms with Crippen molar-refractivity contribution in [3.05, 3.63) is 56.7 Å². The van der Waals surface area contributed by atoms with Gasteiger partial charge in [0.25, 0.3) is 5.56 Å². The smallest absolute Gasteiger partial charge is 0.337 e. The molecule has 158 valence electrons. The molecule has 1 N–H and O–H groups in total. The number of rotatable bonds is 6. The molecule has 0 spiro atoms. The molecule has 0 aliphatic carbocycles. The number of nitrogens with zero attached hydrogens (tertiary/aromatic N) is 6. The molecule has 1 atom stereocenters. The number of fused-ring (bicyclic) bond motifs is 1. The van der Waals surface area contributed by atoms with Crippen LogP contribution in [0.2, 0.25) is 0 Å². The van der Waals surface area contributed by atoms with E-state index in [1.807, 2.05) is 25.9 Å². The summed E-state index contributed by atoms with van der Waals surface area (Å²) in [5.74, 6) is -0.523. The molecular formula is C19H22FN7O3. The Kier molecular flexibility index (Phi) is 6.01. The summed E-state index contributed by atoms with van der Waals surface area (Å²) in [5.41, 5.74) is -1.11. The monoisotopic (exact) mass is 415 g/mol. The van der Waals surface area contributed by atoms with Crippen LogP contribution in [0.3, 0.4) is 0 Å². The Bertz CT molecular complexity index is 1200. The summed E-state index contributed by atoms with van der Waals surface area (Å²) in [5, 5.41) is 10.6. The van der Waals surface area contributed by atoms with Crippen LogP contribution in [0.4, 0.5) is 4.39 Å². The van der Waals surface area contributed by atoms with E-state index in [2.05, 4.69) is 20.5 Å². The van der Waals surface area contributed by atoms with E-state index in [9.17, 15) is 18.8 Å². The molecule has 0 aliphatic heterocycles. The van der Waals surface area contributed by atoms with Crippen LogP contribution in [0.15, 0.2) is 33.9 Å². The molecule has 3 aromatic rings. The summed E-state index contributed by atoms with van der Waals surface area (Å²) in [6.07, 6.45) is 0.292. The Morgan fingerprint density at radius 3 is 2.50 bits per heavy atom. The van der Waals surface area contributed by atoms with Gasteiger partial charge in [-0.2, -0.15) is 0 Å². The Balaban J connectivity index is 1.97. The number of carbonyl (C=O) groups is 1. The highest BCUT2D eigenvalue weighted by atomic mass is 19.1. The fourth-order valence-electron chi connectivity index (χ4n) is 2.73. The van der Waals surface area contributed by atoms with Crippen LogP contribution >= 0.6 is 0 Å². The van der Waals surface area contributed by atoms with E-state index in [0.717, 1.165) is 9.13 Å². The fraction of sp³-hybridized carbons (Fsp3) is 0.368. The van der Waals surface area contributed by atoms with Crippen molar-refractivity contribution in [2.24, 2.45) is 7.05 Å². The van der Waals surface area contributed by atoms with Gasteiger partial charge in [0.1, 0.15) is 5.82 Å². The molecule has 1 amide bonds. The van der Waals surface area contributed by atoms with Gasteiger partial charge in [0.15, 0.2) is 17.0 Å². The molecule has 2 aromatic heterocycles. The Morgan fingerprint density at radius 1 is 1.20 bits per heavy atom. The molecule has 2 heterocycles. The van der Waals surface area contributed by atoms with Gasteiger partial charge < -0.3 is 10.2 Å². The fourth-order valence-corrected chi connectivity index (χ4v) is 2.73. The molecule has 3 rings (SSSR count). The molecule has 0 radical (unpaired) electrons. The van der Waals surface area contributed by atoms with Crippen molar-refractivity contribution in [1.82, 2.24) is 34.5 Å². The summed E-state index contributed by atoms with van der Waals surface area (Å²) < 4.78 is 15.3. The van der Waals surface area contributed by atoms with E-state index in [1.165, 1.54) is 31.3 Å². The highest BCUT2D eigenvalue weighted by Gasteiger charge is 2.17. The zero-order valence-corrected chi connectivity index (χ0v) is 17.1. The molecule has 11 heteroatoms. The second kappa shape index (κ2) is 8.49. The molecule has 1 unspecified atom stereocenters. The van der Waals surface area contributed by atoms with E-state index >= 15 is 0 Å². The van der Waals surface area contributed by atoms with Crippen molar-refractivity contribution < 1.29 is 9.18 Å². The maximum Gasteiger partial charge on any atom is 0.337 e. The maximum absolute atomic E-state index is 13.3. The number of benzene rings is 1. The van der Waals surface area contributed by atoms with Crippen molar-refractivity contribution in [2.75, 3.05) is 14.1 Å². The summed E-state index contributed by atoms with van der Waals surface area (Å²) in [6.45, 7) is 1.91. The largest absolute Gasteiger partial charge is 0.349 e. The summed E-state index contributed by atoms with van der Waals surface area (Å²) in [4.78, 5) is 43.4. The van der Waals surface area contributed by atoms with Crippen LogP contribution < -0.4 is 16.6 Å². The van der Waals surface area contributed by atoms with Crippen LogP contribution in [0.1, 0.15) is 19.2 Å². The standard InChI is InChI=1S/C19H22FN7O3/c1-11(25(2)3)9-15(28)21-10-14-22-16-17(24-23-14)27(19(30)26(4)18(16)29)13-7-5-12(20)6-8-13/h5-8,11H,9-10H2,1-4H3,(H,21,28). The zero-order valence-electron chi connectivity index (χ0n) is 17.1. The first-order valence-corrected chi connectivity index (χ1v) is 9.23. The van der Waals surface area contributed by atoms with Gasteiger partial charge in [0.05, 0.1) is 12.2 Å². The van der Waals surface area contributed by atoms with Crippen molar-refractivity contribution in [3.8, 4) is 5.69 Å². The number of nitrogens with one attached hydrogen (secondary N) is 1. The normalized spacial score (nSPS) is 12.3. The van der Waals surface area contributed by atoms with E-state index < -0.39 is 17.1 Å². The second-order valence-corrected chi connectivity index (χ2v) is 7.15. The van der Waals surface area contributed by atoms with Gasteiger partial charge in [-0.15, -0.1) is 10.2 Å². The molecule has 1 aromatic carbocycles. The average Bonchev–Trinajstić information content (AvgIpc) is 2.72. The second-order valence-electron chi connectivity index (χ2n) is 7.15. The number of hydrogen-bond acceptors (Lipinski definition) is 7. The minimum absolute atomic E-state index is 0.0131. The van der Waals surface area contributed by atoms with Crippen molar-refractivity contribution >= 4 is 17.1 Å². The lowest BCUT2D eigenvalue weighted by atomic mass is 10.2. The molecular weight excluding hydrogens is 393 g/mol. The third-order valence-electron chi connectivity index (χ3n) is 4.80. The summed E-state index contributed by atoms with van der Waals surface area (Å²) >= 11 is 0.